The molecule has 0 radical (unpaired) electrons. The van der Waals surface area contributed by atoms with E-state index in [1.165, 1.54) is 17.8 Å². The van der Waals surface area contributed by atoms with Gasteiger partial charge in [0.25, 0.3) is 5.84 Å². The standard InChI is InChI=1S/C22H31FN6O/c23-20-11-17(3-8-25-20)28-21-18(19-12-26-19)13-29(21)22(14-24)6-1-15(2-7-22)27-16-4-9-30-10-5-16/h3,8,11,13,15-16,19,26-27H,1-2,4-7,9-10,12,14,24H2/p+1. The van der Waals surface area contributed by atoms with E-state index in [9.17, 15) is 4.39 Å². The summed E-state index contributed by atoms with van der Waals surface area (Å²) in [6.07, 6.45) is 10.3. The van der Waals surface area contributed by atoms with Crippen molar-refractivity contribution in [1.29, 1.82) is 0 Å². The second-order valence-electron chi connectivity index (χ2n) is 9.01. The molecule has 162 valence electrons. The highest BCUT2D eigenvalue weighted by Crippen LogP contribution is 2.36. The molecule has 1 unspecified atom stereocenters. The second kappa shape index (κ2) is 8.34. The lowest BCUT2D eigenvalue weighted by molar-refractivity contribution is -0.562. The molecule has 7 nitrogen and oxygen atoms in total. The maximum atomic E-state index is 13.6. The van der Waals surface area contributed by atoms with Gasteiger partial charge in [-0.2, -0.15) is 4.39 Å². The van der Waals surface area contributed by atoms with Crippen LogP contribution in [-0.2, 0) is 4.74 Å². The Hall–Kier alpha value is -1.87. The molecule has 4 aliphatic rings. The van der Waals surface area contributed by atoms with Gasteiger partial charge >= 0.3 is 0 Å². The average Bonchev–Trinajstić information content (AvgIpc) is 3.58. The van der Waals surface area contributed by atoms with E-state index >= 15 is 0 Å². The van der Waals surface area contributed by atoms with Crippen LogP contribution in [-0.4, -0.2) is 65.4 Å². The number of anilines is 1. The molecular formula is C22H32FN6O+. The van der Waals surface area contributed by atoms with Gasteiger partial charge in [0.05, 0.1) is 11.6 Å². The fourth-order valence-electron chi connectivity index (χ4n) is 5.06. The zero-order valence-electron chi connectivity index (χ0n) is 17.4. The van der Waals surface area contributed by atoms with Crippen LogP contribution in [0.3, 0.4) is 0 Å². The Labute approximate surface area is 177 Å². The molecular weight excluding hydrogens is 383 g/mol. The number of hydrogen-bond acceptors (Lipinski definition) is 6. The first-order chi connectivity index (χ1) is 14.7. The first-order valence-electron chi connectivity index (χ1n) is 11.2. The van der Waals surface area contributed by atoms with Crippen molar-refractivity contribution >= 4 is 11.5 Å². The molecule has 0 bridgehead atoms. The molecule has 30 heavy (non-hydrogen) atoms. The van der Waals surface area contributed by atoms with Crippen LogP contribution in [0.5, 0.6) is 0 Å². The number of ether oxygens (including phenoxy) is 1. The lowest BCUT2D eigenvalue weighted by atomic mass is 9.77. The fraction of sp³-hybridized carbons (Fsp3) is 0.636. The summed E-state index contributed by atoms with van der Waals surface area (Å²) in [5.41, 5.74) is 8.25. The minimum absolute atomic E-state index is 0.0832. The number of aromatic nitrogens is 1. The van der Waals surface area contributed by atoms with Crippen molar-refractivity contribution in [3.63, 3.8) is 0 Å². The predicted octanol–water partition coefficient (Wildman–Crippen LogP) is 1.32. The fourth-order valence-corrected chi connectivity index (χ4v) is 5.06. The van der Waals surface area contributed by atoms with E-state index in [1.807, 2.05) is 0 Å². The van der Waals surface area contributed by atoms with E-state index in [2.05, 4.69) is 31.7 Å². The molecule has 8 heteroatoms. The summed E-state index contributed by atoms with van der Waals surface area (Å²) in [4.78, 5) is 3.66. The lowest BCUT2D eigenvalue weighted by Crippen LogP contribution is -2.58. The van der Waals surface area contributed by atoms with Crippen LogP contribution < -0.4 is 21.7 Å². The minimum Gasteiger partial charge on any atom is -0.381 e. The molecule has 3 fully saturated rings. The van der Waals surface area contributed by atoms with Crippen molar-refractivity contribution in [2.24, 2.45) is 5.73 Å². The van der Waals surface area contributed by atoms with Crippen LogP contribution in [0.15, 0.2) is 30.1 Å². The number of hydrogen-bond donors (Lipinski definition) is 4. The molecule has 3 aliphatic heterocycles. The van der Waals surface area contributed by atoms with Gasteiger partial charge < -0.3 is 21.1 Å². The van der Waals surface area contributed by atoms with Gasteiger partial charge in [-0.1, -0.05) is 0 Å². The molecule has 5 rings (SSSR count). The SMILES string of the molecule is NCC1([N+]2=C(Nc3ccnc(F)c3)C(C3CN3)=C2)CCC(NC2CCOCC2)CC1. The summed E-state index contributed by atoms with van der Waals surface area (Å²) in [5, 5.41) is 10.7. The first-order valence-corrected chi connectivity index (χ1v) is 11.2. The van der Waals surface area contributed by atoms with Crippen LogP contribution in [0.25, 0.3) is 0 Å². The molecule has 1 atom stereocenters. The van der Waals surface area contributed by atoms with Gasteiger partial charge in [0, 0.05) is 56.7 Å². The maximum absolute atomic E-state index is 13.6. The van der Waals surface area contributed by atoms with Crippen LogP contribution in [0.1, 0.15) is 38.5 Å². The van der Waals surface area contributed by atoms with E-state index in [0.717, 1.165) is 69.8 Å². The molecule has 4 heterocycles. The third-order valence-electron chi connectivity index (χ3n) is 7.06. The third kappa shape index (κ3) is 4.01. The van der Waals surface area contributed by atoms with Crippen LogP contribution >= 0.6 is 0 Å². The Morgan fingerprint density at radius 3 is 2.63 bits per heavy atom. The summed E-state index contributed by atoms with van der Waals surface area (Å²) >= 11 is 0. The quantitative estimate of drug-likeness (QED) is 0.318. The average molecular weight is 416 g/mol. The van der Waals surface area contributed by atoms with Crippen LogP contribution in [0.2, 0.25) is 0 Å². The summed E-state index contributed by atoms with van der Waals surface area (Å²) in [7, 11) is 0. The van der Waals surface area contributed by atoms with E-state index in [-0.39, 0.29) is 5.54 Å². The van der Waals surface area contributed by atoms with Gasteiger partial charge in [0.15, 0.2) is 0 Å². The van der Waals surface area contributed by atoms with E-state index in [0.29, 0.717) is 24.7 Å². The molecule has 1 aromatic heterocycles. The zero-order valence-corrected chi connectivity index (χ0v) is 17.4. The number of halogens is 1. The number of amidine groups is 1. The summed E-state index contributed by atoms with van der Waals surface area (Å²) in [5.74, 6) is 0.576. The van der Waals surface area contributed by atoms with Crippen LogP contribution in [0.4, 0.5) is 10.1 Å². The van der Waals surface area contributed by atoms with Gasteiger partial charge in [-0.05, 0) is 38.5 Å². The topological polar surface area (TPSA) is 97.2 Å². The van der Waals surface area contributed by atoms with Gasteiger partial charge in [0.1, 0.15) is 17.4 Å². The highest BCUT2D eigenvalue weighted by molar-refractivity contribution is 6.08. The predicted molar refractivity (Wildman–Crippen MR) is 114 cm³/mol. The molecule has 1 aliphatic carbocycles. The van der Waals surface area contributed by atoms with Gasteiger partial charge in [-0.3, -0.25) is 0 Å². The maximum Gasteiger partial charge on any atom is 0.288 e. The minimum atomic E-state index is -0.477. The third-order valence-corrected chi connectivity index (χ3v) is 7.06. The molecule has 1 aromatic rings. The van der Waals surface area contributed by atoms with E-state index < -0.39 is 5.95 Å². The largest absolute Gasteiger partial charge is 0.381 e. The molecule has 5 N–H and O–H groups in total. The summed E-state index contributed by atoms with van der Waals surface area (Å²) < 4.78 is 21.4. The van der Waals surface area contributed by atoms with Crippen molar-refractivity contribution in [1.82, 2.24) is 15.6 Å². The Kier molecular flexibility index (Phi) is 5.58. The Bertz CT molecular complexity index is 838. The number of pyridine rings is 1. The Morgan fingerprint density at radius 1 is 1.23 bits per heavy atom. The summed E-state index contributed by atoms with van der Waals surface area (Å²) in [6.45, 7) is 3.33. The van der Waals surface area contributed by atoms with Crippen molar-refractivity contribution in [2.75, 3.05) is 31.6 Å². The zero-order chi connectivity index (χ0) is 20.6. The van der Waals surface area contributed by atoms with Crippen molar-refractivity contribution in [2.45, 2.75) is 62.2 Å². The Morgan fingerprint density at radius 2 is 1.97 bits per heavy atom. The molecule has 2 saturated heterocycles. The van der Waals surface area contributed by atoms with E-state index in [4.69, 9.17) is 10.5 Å². The number of rotatable bonds is 6. The first kappa shape index (κ1) is 20.1. The Balaban J connectivity index is 1.30. The highest BCUT2D eigenvalue weighted by atomic mass is 19.1. The van der Waals surface area contributed by atoms with Gasteiger partial charge in [-0.25, -0.2) is 14.9 Å². The molecule has 1 saturated carbocycles. The molecule has 0 spiro atoms. The number of nitrogens with two attached hydrogens (primary N) is 1. The van der Waals surface area contributed by atoms with Crippen molar-refractivity contribution in [3.8, 4) is 0 Å². The summed E-state index contributed by atoms with van der Waals surface area (Å²) in [6, 6.07) is 4.75. The number of nitrogens with one attached hydrogen (secondary N) is 3. The van der Waals surface area contributed by atoms with Crippen molar-refractivity contribution in [3.05, 3.63) is 36.1 Å². The normalized spacial score (nSPS) is 31.9. The van der Waals surface area contributed by atoms with Gasteiger partial charge in [-0.15, -0.1) is 0 Å². The smallest absolute Gasteiger partial charge is 0.288 e. The van der Waals surface area contributed by atoms with Crippen LogP contribution in [0, 0.1) is 5.95 Å². The number of nitrogens with zero attached hydrogens (tertiary/aromatic N) is 2. The van der Waals surface area contributed by atoms with Crippen molar-refractivity contribution < 1.29 is 13.7 Å². The van der Waals surface area contributed by atoms with Gasteiger partial charge in [0.2, 0.25) is 5.95 Å². The second-order valence-corrected chi connectivity index (χ2v) is 9.01. The molecule has 0 amide bonds. The molecule has 0 aromatic carbocycles. The van der Waals surface area contributed by atoms with E-state index in [1.54, 1.807) is 6.07 Å². The monoisotopic (exact) mass is 415 g/mol. The highest BCUT2D eigenvalue weighted by Gasteiger charge is 2.49. The lowest BCUT2D eigenvalue weighted by Gasteiger charge is -2.42.